The first kappa shape index (κ1) is 38.4. The summed E-state index contributed by atoms with van der Waals surface area (Å²) < 4.78 is 0. The van der Waals surface area contributed by atoms with Gasteiger partial charge in [-0.3, -0.25) is 0 Å². The smallest absolute Gasteiger partial charge is 0.0448 e. The van der Waals surface area contributed by atoms with Crippen LogP contribution in [0.25, 0.3) is 0 Å². The minimum Gasteiger partial charge on any atom is -0.0533 e. The van der Waals surface area contributed by atoms with Gasteiger partial charge in [-0.05, 0) is 44.3 Å². The van der Waals surface area contributed by atoms with E-state index in [1.807, 2.05) is 103 Å². The molecule has 0 amide bonds. The van der Waals surface area contributed by atoms with Gasteiger partial charge in [-0.1, -0.05) is 257 Å². The van der Waals surface area contributed by atoms with E-state index in [-0.39, 0.29) is 0 Å². The van der Waals surface area contributed by atoms with Crippen molar-refractivity contribution in [3.05, 3.63) is 0 Å². The van der Waals surface area contributed by atoms with E-state index in [2.05, 4.69) is 0 Å². The van der Waals surface area contributed by atoms with E-state index in [0.717, 1.165) is 0 Å². The molecule has 0 spiro atoms. The number of rotatable bonds is 8. The summed E-state index contributed by atoms with van der Waals surface area (Å²) >= 11 is 0. The Labute approximate surface area is 328 Å². The van der Waals surface area contributed by atoms with E-state index in [0.29, 0.717) is 0 Å². The van der Waals surface area contributed by atoms with Crippen LogP contribution in [0, 0.1) is 0 Å². The summed E-state index contributed by atoms with van der Waals surface area (Å²) in [6.07, 6.45) is 69.0. The van der Waals surface area contributed by atoms with Crippen LogP contribution in [0.3, 0.4) is 0 Å². The van der Waals surface area contributed by atoms with Gasteiger partial charge >= 0.3 is 0 Å². The predicted octanol–water partition coefficient (Wildman–Crippen LogP) is 16.8. The van der Waals surface area contributed by atoms with Crippen molar-refractivity contribution in [3.8, 4) is 0 Å². The zero-order valence-electron chi connectivity index (χ0n) is 34.9. The van der Waals surface area contributed by atoms with E-state index in [4.69, 9.17) is 0 Å². The van der Waals surface area contributed by atoms with Crippen molar-refractivity contribution in [2.45, 2.75) is 301 Å². The van der Waals surface area contributed by atoms with Crippen LogP contribution in [0.2, 0.25) is 44.3 Å². The molecule has 1 heterocycles. The Hall–Kier alpha value is 0.868. The lowest BCUT2D eigenvalue weighted by Gasteiger charge is -2.93. The van der Waals surface area contributed by atoms with Crippen molar-refractivity contribution < 1.29 is 0 Å². The normalized spacial score (nSPS) is 34.2. The Bertz CT molecular complexity index is 837. The lowest BCUT2D eigenvalue weighted by Crippen LogP contribution is -3.13. The molecule has 9 fully saturated rings. The first-order valence-electron chi connectivity index (χ1n) is 25.8. The Kier molecular flexibility index (Phi) is 12.5. The van der Waals surface area contributed by atoms with Gasteiger partial charge in [0.1, 0.15) is 0 Å². The van der Waals surface area contributed by atoms with Gasteiger partial charge in [0.05, 0.1) is 0 Å². The van der Waals surface area contributed by atoms with Gasteiger partial charge in [0.2, 0.25) is 0 Å². The molecule has 9 rings (SSSR count). The molecule has 0 aromatic carbocycles. The molecule has 9 aliphatic rings. The van der Waals surface area contributed by atoms with E-state index in [9.17, 15) is 0 Å². The molecular formula is C48H88Si4. The molecule has 1 aliphatic heterocycles. The molecule has 296 valence electrons. The maximum Gasteiger partial charge on any atom is 0.0448 e. The van der Waals surface area contributed by atoms with Gasteiger partial charge in [-0.2, -0.15) is 0 Å². The number of hydrogen-bond donors (Lipinski definition) is 0. The van der Waals surface area contributed by atoms with Gasteiger partial charge in [0, 0.05) is 28.4 Å². The van der Waals surface area contributed by atoms with Crippen LogP contribution in [0.5, 0.6) is 0 Å². The average molecular weight is 778 g/mol. The second-order valence-electron chi connectivity index (χ2n) is 22.2. The lowest BCUT2D eigenvalue weighted by molar-refractivity contribution is 0.420. The molecule has 0 aromatic rings. The minimum atomic E-state index is -1.61. The third kappa shape index (κ3) is 5.71. The van der Waals surface area contributed by atoms with E-state index in [1.165, 1.54) is 44.3 Å². The van der Waals surface area contributed by atoms with Gasteiger partial charge in [-0.25, -0.2) is 0 Å². The molecule has 0 N–H and O–H groups in total. The Morgan fingerprint density at radius 3 is 0.327 bits per heavy atom. The molecule has 0 atom stereocenters. The molecular weight excluding hydrogens is 689 g/mol. The van der Waals surface area contributed by atoms with Crippen molar-refractivity contribution in [2.24, 2.45) is 0 Å². The largest absolute Gasteiger partial charge is 0.0533 e. The second-order valence-corrected chi connectivity index (χ2v) is 61.5. The molecule has 0 nitrogen and oxygen atoms in total. The van der Waals surface area contributed by atoms with Crippen molar-refractivity contribution in [2.75, 3.05) is 0 Å². The molecule has 8 aliphatic carbocycles. The van der Waals surface area contributed by atoms with E-state index < -0.39 is 28.4 Å². The highest BCUT2D eigenvalue weighted by molar-refractivity contribution is 8.15. The van der Waals surface area contributed by atoms with Crippen molar-refractivity contribution >= 4 is 28.4 Å². The monoisotopic (exact) mass is 777 g/mol. The molecule has 0 radical (unpaired) electrons. The lowest BCUT2D eigenvalue weighted by atomic mass is 9.99. The zero-order chi connectivity index (χ0) is 34.9. The highest BCUT2D eigenvalue weighted by atomic mass is 30.2. The summed E-state index contributed by atoms with van der Waals surface area (Å²) in [5.41, 5.74) is 10.9. The highest BCUT2D eigenvalue weighted by Gasteiger charge is 2.97. The Morgan fingerprint density at radius 2 is 0.231 bits per heavy atom. The number of hydrogen-bond acceptors (Lipinski definition) is 0. The van der Waals surface area contributed by atoms with Crippen LogP contribution in [-0.2, 0) is 0 Å². The Balaban J connectivity index is 1.44. The average Bonchev–Trinajstić information content (AvgIpc) is 3.24. The topological polar surface area (TPSA) is 0 Å². The molecule has 52 heavy (non-hydrogen) atoms. The van der Waals surface area contributed by atoms with E-state index in [1.54, 1.807) is 154 Å². The van der Waals surface area contributed by atoms with Crippen LogP contribution < -0.4 is 0 Å². The minimum absolute atomic E-state index is 1.36. The quantitative estimate of drug-likeness (QED) is 0.215. The maximum absolute atomic E-state index is 1.81. The molecule has 8 saturated carbocycles. The third-order valence-electron chi connectivity index (χ3n) is 20.7. The van der Waals surface area contributed by atoms with Crippen LogP contribution in [-0.4, -0.2) is 28.4 Å². The van der Waals surface area contributed by atoms with Gasteiger partial charge < -0.3 is 0 Å². The third-order valence-corrected chi connectivity index (χ3v) is 116. The molecule has 4 heteroatoms. The predicted molar refractivity (Wildman–Crippen MR) is 238 cm³/mol. The maximum atomic E-state index is 1.81. The molecule has 0 aromatic heterocycles. The van der Waals surface area contributed by atoms with Crippen molar-refractivity contribution in [1.29, 1.82) is 0 Å². The summed E-state index contributed by atoms with van der Waals surface area (Å²) in [5.74, 6) is 0. The van der Waals surface area contributed by atoms with Crippen LogP contribution in [0.15, 0.2) is 0 Å². The fraction of sp³-hybridized carbons (Fsp3) is 1.00. The van der Waals surface area contributed by atoms with Gasteiger partial charge in [0.15, 0.2) is 0 Å². The molecule has 0 unspecified atom stereocenters. The summed E-state index contributed by atoms with van der Waals surface area (Å²) in [7, 11) is -6.46. The summed E-state index contributed by atoms with van der Waals surface area (Å²) in [5, 5.41) is 0. The molecule has 1 saturated heterocycles. The standard InChI is InChI=1S/C48H88Si4/c1-9-25-41(26-10-1)49(42-27-11-2-12-28-42)50(43-29-13-3-14-30-43,44-31-15-4-16-32-44)52(47-37-21-7-22-38-47,48-39-23-8-24-40-48)51(49,45-33-17-5-18-34-45)46-35-19-6-20-36-46/h41-48H,1-40H2. The SMILES string of the molecule is C1CCC([Si]2(C3CCCCC3)[Si](C3CCCCC3)(C3CCCCC3)[Si](C3CCCCC3)(C3CCCCC3)[Si]2(C2CCCCC2)C2CCCCC2)CC1. The van der Waals surface area contributed by atoms with E-state index >= 15 is 0 Å². The second kappa shape index (κ2) is 17.0. The zero-order valence-corrected chi connectivity index (χ0v) is 38.9. The fourth-order valence-corrected chi connectivity index (χ4v) is 189. The first-order chi connectivity index (χ1) is 25.8. The van der Waals surface area contributed by atoms with Crippen molar-refractivity contribution in [1.82, 2.24) is 0 Å². The van der Waals surface area contributed by atoms with Crippen LogP contribution >= 0.6 is 0 Å². The Morgan fingerprint density at radius 1 is 0.135 bits per heavy atom. The van der Waals surface area contributed by atoms with Gasteiger partial charge in [0.25, 0.3) is 0 Å². The summed E-state index contributed by atoms with van der Waals surface area (Å²) in [6.45, 7) is 0. The van der Waals surface area contributed by atoms with Gasteiger partial charge in [-0.15, -0.1) is 0 Å². The highest BCUT2D eigenvalue weighted by Crippen LogP contribution is 2.84. The first-order valence-corrected chi connectivity index (χ1v) is 38.5. The van der Waals surface area contributed by atoms with Crippen molar-refractivity contribution in [3.63, 3.8) is 0 Å². The fourth-order valence-electron chi connectivity index (χ4n) is 20.5. The molecule has 0 bridgehead atoms. The van der Waals surface area contributed by atoms with Crippen LogP contribution in [0.1, 0.15) is 257 Å². The van der Waals surface area contributed by atoms with Crippen LogP contribution in [0.4, 0.5) is 0 Å². The summed E-state index contributed by atoms with van der Waals surface area (Å²) in [4.78, 5) is 0. The summed E-state index contributed by atoms with van der Waals surface area (Å²) in [6, 6.07) is 0.